The van der Waals surface area contributed by atoms with Gasteiger partial charge in [-0.25, -0.2) is 9.97 Å². The first-order valence-corrected chi connectivity index (χ1v) is 10.1. The van der Waals surface area contributed by atoms with Crippen LogP contribution in [0.3, 0.4) is 0 Å². The van der Waals surface area contributed by atoms with Gasteiger partial charge in [-0.3, -0.25) is 4.79 Å². The second-order valence-corrected chi connectivity index (χ2v) is 8.20. The van der Waals surface area contributed by atoms with Crippen LogP contribution in [0.1, 0.15) is 33.4 Å². The van der Waals surface area contributed by atoms with E-state index in [2.05, 4.69) is 23.0 Å². The van der Waals surface area contributed by atoms with Gasteiger partial charge in [-0.15, -0.1) is 11.3 Å². The number of hydrogen-bond donors (Lipinski definition) is 0. The first kappa shape index (κ1) is 17.1. The van der Waals surface area contributed by atoms with Crippen molar-refractivity contribution in [2.75, 3.05) is 4.90 Å². The zero-order valence-corrected chi connectivity index (χ0v) is 16.7. The summed E-state index contributed by atoms with van der Waals surface area (Å²) in [5, 5.41) is 0.962. The number of carbonyl (C=O) groups excluding carboxylic acids is 1. The molecular weight excluding hydrogens is 370 g/mol. The number of para-hydroxylation sites is 1. The summed E-state index contributed by atoms with van der Waals surface area (Å²) in [7, 11) is 0. The molecule has 3 aromatic heterocycles. The number of benzene rings is 1. The number of hydrogen-bond acceptors (Lipinski definition) is 5. The lowest BCUT2D eigenvalue weighted by Gasteiger charge is -2.22. The maximum Gasteiger partial charge on any atom is 0.268 e. The van der Waals surface area contributed by atoms with E-state index in [1.54, 1.807) is 6.26 Å². The van der Waals surface area contributed by atoms with Crippen LogP contribution in [-0.2, 0) is 6.42 Å². The van der Waals surface area contributed by atoms with Gasteiger partial charge in [0.25, 0.3) is 5.91 Å². The van der Waals surface area contributed by atoms with E-state index in [0.717, 1.165) is 38.5 Å². The summed E-state index contributed by atoms with van der Waals surface area (Å²) in [5.74, 6) is 1.22. The number of anilines is 1. The molecule has 5 nitrogen and oxygen atoms in total. The predicted molar refractivity (Wildman–Crippen MR) is 111 cm³/mol. The van der Waals surface area contributed by atoms with E-state index >= 15 is 0 Å². The van der Waals surface area contributed by atoms with Crippen LogP contribution in [0.25, 0.3) is 21.8 Å². The third-order valence-electron chi connectivity index (χ3n) is 5.33. The minimum atomic E-state index is 0.0388. The molecule has 0 saturated carbocycles. The Morgan fingerprint density at radius 1 is 1.18 bits per heavy atom. The van der Waals surface area contributed by atoms with Crippen LogP contribution in [0, 0.1) is 13.8 Å². The van der Waals surface area contributed by atoms with Crippen LogP contribution in [-0.4, -0.2) is 21.9 Å². The first-order valence-electron chi connectivity index (χ1n) is 9.27. The SMILES string of the molecule is Cc1nc(-c2ccco2)nc2sc(C(=O)N3c4ccccc4C[C@@H]3C)c(C)c12. The maximum atomic E-state index is 13.5. The Hall–Kier alpha value is -2.99. The number of thiophene rings is 1. The average molecular weight is 389 g/mol. The van der Waals surface area contributed by atoms with E-state index in [4.69, 9.17) is 4.42 Å². The van der Waals surface area contributed by atoms with Gasteiger partial charge >= 0.3 is 0 Å². The molecule has 0 aliphatic carbocycles. The van der Waals surface area contributed by atoms with Gasteiger partial charge in [-0.05, 0) is 56.5 Å². The molecule has 0 N–H and O–H groups in total. The van der Waals surface area contributed by atoms with Crippen molar-refractivity contribution in [2.45, 2.75) is 33.2 Å². The lowest BCUT2D eigenvalue weighted by molar-refractivity contribution is 0.0985. The predicted octanol–water partition coefficient (Wildman–Crippen LogP) is 5.16. The van der Waals surface area contributed by atoms with Gasteiger partial charge < -0.3 is 9.32 Å². The third-order valence-corrected chi connectivity index (χ3v) is 6.51. The Labute approximate surface area is 166 Å². The zero-order valence-electron chi connectivity index (χ0n) is 15.9. The Balaban J connectivity index is 1.63. The number of fused-ring (bicyclic) bond motifs is 2. The molecule has 140 valence electrons. The largest absolute Gasteiger partial charge is 0.461 e. The summed E-state index contributed by atoms with van der Waals surface area (Å²) in [6.07, 6.45) is 2.49. The molecule has 0 bridgehead atoms. The molecule has 1 amide bonds. The van der Waals surface area contributed by atoms with E-state index in [1.807, 2.05) is 49.1 Å². The van der Waals surface area contributed by atoms with Gasteiger partial charge in [-0.1, -0.05) is 18.2 Å². The minimum Gasteiger partial charge on any atom is -0.461 e. The van der Waals surface area contributed by atoms with Crippen molar-refractivity contribution in [3.05, 3.63) is 64.4 Å². The van der Waals surface area contributed by atoms with Gasteiger partial charge in [0.05, 0.1) is 16.8 Å². The Kier molecular flexibility index (Phi) is 3.84. The fourth-order valence-corrected chi connectivity index (χ4v) is 5.21. The van der Waals surface area contributed by atoms with Crippen molar-refractivity contribution >= 4 is 33.1 Å². The molecule has 1 aromatic carbocycles. The standard InChI is InChI=1S/C22H19N3O2S/c1-12-11-15-7-4-5-8-16(15)25(12)22(26)19-13(2)18-14(3)23-20(24-21(18)28-19)17-9-6-10-27-17/h4-10,12H,11H2,1-3H3/t12-/m0/s1. The molecule has 6 heteroatoms. The summed E-state index contributed by atoms with van der Waals surface area (Å²) in [6, 6.07) is 11.9. The lowest BCUT2D eigenvalue weighted by Crippen LogP contribution is -2.35. The number of amides is 1. The number of aromatic nitrogens is 2. The van der Waals surface area contributed by atoms with Crippen molar-refractivity contribution in [1.29, 1.82) is 0 Å². The summed E-state index contributed by atoms with van der Waals surface area (Å²) in [6.45, 7) is 6.04. The first-order chi connectivity index (χ1) is 13.5. The van der Waals surface area contributed by atoms with Crippen molar-refractivity contribution in [3.63, 3.8) is 0 Å². The Morgan fingerprint density at radius 3 is 2.79 bits per heavy atom. The maximum absolute atomic E-state index is 13.5. The minimum absolute atomic E-state index is 0.0388. The van der Waals surface area contributed by atoms with Gasteiger partial charge in [-0.2, -0.15) is 0 Å². The van der Waals surface area contributed by atoms with E-state index in [9.17, 15) is 4.79 Å². The second-order valence-electron chi connectivity index (χ2n) is 7.20. The summed E-state index contributed by atoms with van der Waals surface area (Å²) < 4.78 is 5.45. The van der Waals surface area contributed by atoms with Crippen LogP contribution in [0.4, 0.5) is 5.69 Å². The van der Waals surface area contributed by atoms with Crippen LogP contribution in [0.15, 0.2) is 47.1 Å². The smallest absolute Gasteiger partial charge is 0.268 e. The molecule has 0 spiro atoms. The molecular formula is C22H19N3O2S. The van der Waals surface area contributed by atoms with Crippen molar-refractivity contribution < 1.29 is 9.21 Å². The van der Waals surface area contributed by atoms with E-state index in [0.29, 0.717) is 11.6 Å². The Morgan fingerprint density at radius 2 is 2.00 bits per heavy atom. The molecule has 28 heavy (non-hydrogen) atoms. The fourth-order valence-electron chi connectivity index (χ4n) is 4.04. The van der Waals surface area contributed by atoms with Crippen molar-refractivity contribution in [3.8, 4) is 11.6 Å². The highest BCUT2D eigenvalue weighted by molar-refractivity contribution is 7.20. The molecule has 1 aliphatic rings. The molecule has 5 rings (SSSR count). The Bertz CT molecular complexity index is 1210. The van der Waals surface area contributed by atoms with E-state index in [-0.39, 0.29) is 11.9 Å². The molecule has 4 aromatic rings. The third kappa shape index (κ3) is 2.48. The van der Waals surface area contributed by atoms with Gasteiger partial charge in [0, 0.05) is 17.1 Å². The molecule has 0 fully saturated rings. The molecule has 0 radical (unpaired) electrons. The lowest BCUT2D eigenvalue weighted by atomic mass is 10.1. The summed E-state index contributed by atoms with van der Waals surface area (Å²) >= 11 is 1.44. The van der Waals surface area contributed by atoms with Crippen molar-refractivity contribution in [1.82, 2.24) is 9.97 Å². The number of furan rings is 1. The highest BCUT2D eigenvalue weighted by Crippen LogP contribution is 2.38. The quantitative estimate of drug-likeness (QED) is 0.475. The molecule has 1 atom stereocenters. The zero-order chi connectivity index (χ0) is 19.4. The monoisotopic (exact) mass is 389 g/mol. The summed E-state index contributed by atoms with van der Waals surface area (Å²) in [5.41, 5.74) is 4.04. The topological polar surface area (TPSA) is 59.2 Å². The second kappa shape index (κ2) is 6.27. The van der Waals surface area contributed by atoms with Gasteiger partial charge in [0.1, 0.15) is 4.83 Å². The van der Waals surface area contributed by atoms with E-state index < -0.39 is 0 Å². The number of nitrogens with zero attached hydrogens (tertiary/aromatic N) is 3. The van der Waals surface area contributed by atoms with E-state index in [1.165, 1.54) is 16.9 Å². The molecule has 0 unspecified atom stereocenters. The van der Waals surface area contributed by atoms with Crippen molar-refractivity contribution in [2.24, 2.45) is 0 Å². The van der Waals surface area contributed by atoms with Crippen LogP contribution in [0.5, 0.6) is 0 Å². The highest BCUT2D eigenvalue weighted by Gasteiger charge is 2.33. The highest BCUT2D eigenvalue weighted by atomic mass is 32.1. The fraction of sp³-hybridized carbons (Fsp3) is 0.227. The molecule has 1 aliphatic heterocycles. The summed E-state index contributed by atoms with van der Waals surface area (Å²) in [4.78, 5) is 26.3. The molecule has 4 heterocycles. The number of carbonyl (C=O) groups is 1. The van der Waals surface area contributed by atoms with Gasteiger partial charge in [0.15, 0.2) is 11.6 Å². The van der Waals surface area contributed by atoms with Crippen LogP contribution in [0.2, 0.25) is 0 Å². The average Bonchev–Trinajstić information content (AvgIpc) is 3.38. The normalized spacial score (nSPS) is 16.0. The van der Waals surface area contributed by atoms with Gasteiger partial charge in [0.2, 0.25) is 0 Å². The molecule has 0 saturated heterocycles. The number of rotatable bonds is 2. The van der Waals surface area contributed by atoms with Crippen LogP contribution < -0.4 is 4.90 Å². The van der Waals surface area contributed by atoms with Crippen LogP contribution >= 0.6 is 11.3 Å². The number of aryl methyl sites for hydroxylation is 2.